The number of H-pyrrole nitrogens is 1. The Morgan fingerprint density at radius 1 is 1.33 bits per heavy atom. The summed E-state index contributed by atoms with van der Waals surface area (Å²) >= 11 is 2.02. The number of halogens is 2. The van der Waals surface area contributed by atoms with E-state index in [1.807, 2.05) is 29.5 Å². The molecule has 2 rings (SSSR count). The summed E-state index contributed by atoms with van der Waals surface area (Å²) in [4.78, 5) is 15.0. The molecule has 0 saturated carbocycles. The van der Waals surface area contributed by atoms with E-state index >= 15 is 0 Å². The second-order valence-corrected chi connectivity index (χ2v) is 4.68. The van der Waals surface area contributed by atoms with Crippen molar-refractivity contribution in [2.75, 3.05) is 0 Å². The highest BCUT2D eigenvalue weighted by Crippen LogP contribution is 2.19. The van der Waals surface area contributed by atoms with Gasteiger partial charge < -0.3 is 4.98 Å². The largest absolute Gasteiger partial charge is 0.357 e. The molecule has 1 heterocycles. The van der Waals surface area contributed by atoms with Crippen molar-refractivity contribution in [1.82, 2.24) is 4.98 Å². The van der Waals surface area contributed by atoms with Crippen molar-refractivity contribution in [2.24, 2.45) is 0 Å². The number of pyridine rings is 1. The van der Waals surface area contributed by atoms with E-state index in [1.54, 1.807) is 6.92 Å². The number of aromatic amines is 1. The molecule has 2 aromatic rings. The first-order valence-electron chi connectivity index (χ1n) is 4.49. The van der Waals surface area contributed by atoms with Crippen LogP contribution in [-0.2, 0) is 0 Å². The van der Waals surface area contributed by atoms with Crippen LogP contribution in [0.2, 0.25) is 0 Å². The number of hydrogen-bond acceptors (Lipinski definition) is 1. The van der Waals surface area contributed by atoms with Gasteiger partial charge in [0.1, 0.15) is 5.82 Å². The molecule has 0 aliphatic heterocycles. The number of aryl methyl sites for hydroxylation is 1. The topological polar surface area (TPSA) is 32.9 Å². The first-order valence-corrected chi connectivity index (χ1v) is 5.57. The monoisotopic (exact) mass is 317 g/mol. The standard InChI is InChI=1S/C11H9FINO/c1-5-6(2)14-10-8(11(5)15)3-7(12)4-9(10)13/h3-4H,1-2H3,(H,14,15). The molecule has 15 heavy (non-hydrogen) atoms. The van der Waals surface area contributed by atoms with E-state index < -0.39 is 0 Å². The lowest BCUT2D eigenvalue weighted by molar-refractivity contribution is 0.628. The Hall–Kier alpha value is -0.910. The predicted octanol–water partition coefficient (Wildman–Crippen LogP) is 2.89. The molecule has 0 aliphatic carbocycles. The van der Waals surface area contributed by atoms with Gasteiger partial charge >= 0.3 is 0 Å². The van der Waals surface area contributed by atoms with E-state index in [-0.39, 0.29) is 11.2 Å². The van der Waals surface area contributed by atoms with Crippen LogP contribution < -0.4 is 5.43 Å². The van der Waals surface area contributed by atoms with Crippen molar-refractivity contribution in [1.29, 1.82) is 0 Å². The van der Waals surface area contributed by atoms with Crippen molar-refractivity contribution in [3.63, 3.8) is 0 Å². The zero-order valence-electron chi connectivity index (χ0n) is 8.32. The highest BCUT2D eigenvalue weighted by Gasteiger charge is 2.09. The van der Waals surface area contributed by atoms with Crippen LogP contribution in [0.5, 0.6) is 0 Å². The molecule has 0 atom stereocenters. The number of aromatic nitrogens is 1. The van der Waals surface area contributed by atoms with Crippen LogP contribution in [0.25, 0.3) is 10.9 Å². The van der Waals surface area contributed by atoms with Gasteiger partial charge in [-0.05, 0) is 48.6 Å². The van der Waals surface area contributed by atoms with Crippen molar-refractivity contribution >= 4 is 33.5 Å². The van der Waals surface area contributed by atoms with Crippen LogP contribution in [0.1, 0.15) is 11.3 Å². The minimum Gasteiger partial charge on any atom is -0.357 e. The van der Waals surface area contributed by atoms with Gasteiger partial charge in [-0.3, -0.25) is 4.79 Å². The predicted molar refractivity (Wildman–Crippen MR) is 66.7 cm³/mol. The molecule has 0 aliphatic rings. The summed E-state index contributed by atoms with van der Waals surface area (Å²) in [5.74, 6) is -0.374. The van der Waals surface area contributed by atoms with Crippen LogP contribution >= 0.6 is 22.6 Å². The third kappa shape index (κ3) is 1.67. The van der Waals surface area contributed by atoms with Gasteiger partial charge in [-0.2, -0.15) is 0 Å². The molecule has 4 heteroatoms. The van der Waals surface area contributed by atoms with Crippen LogP contribution in [0.15, 0.2) is 16.9 Å². The van der Waals surface area contributed by atoms with E-state index in [4.69, 9.17) is 0 Å². The summed E-state index contributed by atoms with van der Waals surface area (Å²) in [7, 11) is 0. The maximum atomic E-state index is 13.2. The Morgan fingerprint density at radius 3 is 2.67 bits per heavy atom. The molecule has 1 aromatic carbocycles. The molecule has 2 nitrogen and oxygen atoms in total. The summed E-state index contributed by atoms with van der Waals surface area (Å²) in [6.45, 7) is 3.58. The fraction of sp³-hybridized carbons (Fsp3) is 0.182. The average molecular weight is 317 g/mol. The molecule has 0 spiro atoms. The van der Waals surface area contributed by atoms with E-state index in [0.717, 1.165) is 9.26 Å². The minimum atomic E-state index is -0.374. The Kier molecular flexibility index (Phi) is 2.54. The molecule has 0 fully saturated rings. The highest BCUT2D eigenvalue weighted by molar-refractivity contribution is 14.1. The van der Waals surface area contributed by atoms with Crippen LogP contribution in [0.3, 0.4) is 0 Å². The Morgan fingerprint density at radius 2 is 2.00 bits per heavy atom. The van der Waals surface area contributed by atoms with Crippen molar-refractivity contribution in [3.8, 4) is 0 Å². The smallest absolute Gasteiger partial charge is 0.192 e. The van der Waals surface area contributed by atoms with Gasteiger partial charge in [0.05, 0.1) is 5.52 Å². The molecule has 78 valence electrons. The van der Waals surface area contributed by atoms with E-state index in [1.165, 1.54) is 12.1 Å². The summed E-state index contributed by atoms with van der Waals surface area (Å²) in [6.07, 6.45) is 0. The lowest BCUT2D eigenvalue weighted by Crippen LogP contribution is -2.10. The average Bonchev–Trinajstić information content (AvgIpc) is 2.17. The van der Waals surface area contributed by atoms with Crippen LogP contribution in [0, 0.1) is 23.2 Å². The van der Waals surface area contributed by atoms with Gasteiger partial charge in [-0.25, -0.2) is 4.39 Å². The van der Waals surface area contributed by atoms with Crippen molar-refractivity contribution in [3.05, 3.63) is 43.0 Å². The molecular formula is C11H9FINO. The minimum absolute atomic E-state index is 0.0985. The number of rotatable bonds is 0. The summed E-state index contributed by atoms with van der Waals surface area (Å²) in [5.41, 5.74) is 2.09. The van der Waals surface area contributed by atoms with Gasteiger partial charge in [0.2, 0.25) is 0 Å². The van der Waals surface area contributed by atoms with Crippen LogP contribution in [-0.4, -0.2) is 4.98 Å². The lowest BCUT2D eigenvalue weighted by Gasteiger charge is -2.05. The number of nitrogens with one attached hydrogen (secondary N) is 1. The Labute approximate surface area is 99.7 Å². The van der Waals surface area contributed by atoms with E-state index in [0.29, 0.717) is 16.5 Å². The van der Waals surface area contributed by atoms with Gasteiger partial charge in [0, 0.05) is 20.2 Å². The normalized spacial score (nSPS) is 10.9. The molecule has 1 N–H and O–H groups in total. The number of benzene rings is 1. The van der Waals surface area contributed by atoms with Gasteiger partial charge in [-0.15, -0.1) is 0 Å². The number of hydrogen-bond donors (Lipinski definition) is 1. The third-order valence-electron chi connectivity index (χ3n) is 2.52. The lowest BCUT2D eigenvalue weighted by atomic mass is 10.1. The molecule has 1 aromatic heterocycles. The molecule has 0 saturated heterocycles. The maximum Gasteiger partial charge on any atom is 0.192 e. The molecule has 0 radical (unpaired) electrons. The van der Waals surface area contributed by atoms with Crippen molar-refractivity contribution in [2.45, 2.75) is 13.8 Å². The Bertz CT molecular complexity index is 604. The third-order valence-corrected chi connectivity index (χ3v) is 3.37. The first-order chi connectivity index (χ1) is 7.00. The summed E-state index contributed by atoms with van der Waals surface area (Å²) in [6, 6.07) is 2.69. The fourth-order valence-electron chi connectivity index (χ4n) is 1.53. The van der Waals surface area contributed by atoms with Gasteiger partial charge in [-0.1, -0.05) is 0 Å². The molecule has 0 unspecified atom stereocenters. The van der Waals surface area contributed by atoms with Crippen LogP contribution in [0.4, 0.5) is 4.39 Å². The summed E-state index contributed by atoms with van der Waals surface area (Å²) in [5, 5.41) is 0.419. The first kappa shape index (κ1) is 10.6. The van der Waals surface area contributed by atoms with E-state index in [9.17, 15) is 9.18 Å². The molecular weight excluding hydrogens is 308 g/mol. The summed E-state index contributed by atoms with van der Waals surface area (Å²) < 4.78 is 13.9. The number of fused-ring (bicyclic) bond motifs is 1. The quantitative estimate of drug-likeness (QED) is 0.745. The van der Waals surface area contributed by atoms with Gasteiger partial charge in [0.15, 0.2) is 5.43 Å². The second-order valence-electron chi connectivity index (χ2n) is 3.51. The zero-order chi connectivity index (χ0) is 11.2. The van der Waals surface area contributed by atoms with E-state index in [2.05, 4.69) is 4.98 Å². The maximum absolute atomic E-state index is 13.2. The zero-order valence-corrected chi connectivity index (χ0v) is 10.5. The fourth-order valence-corrected chi connectivity index (χ4v) is 2.26. The highest BCUT2D eigenvalue weighted by atomic mass is 127. The van der Waals surface area contributed by atoms with Gasteiger partial charge in [0.25, 0.3) is 0 Å². The Balaban J connectivity index is 3.06. The molecule has 0 bridgehead atoms. The SMILES string of the molecule is Cc1[nH]c2c(I)cc(F)cc2c(=O)c1C. The molecule has 0 amide bonds. The second kappa shape index (κ2) is 3.59. The van der Waals surface area contributed by atoms with Crippen molar-refractivity contribution < 1.29 is 4.39 Å².